The van der Waals surface area contributed by atoms with Gasteiger partial charge in [-0.2, -0.15) is 5.26 Å². The zero-order chi connectivity index (χ0) is 13.0. The second kappa shape index (κ2) is 5.56. The lowest BCUT2D eigenvalue weighted by atomic mass is 10.2. The van der Waals surface area contributed by atoms with Gasteiger partial charge in [0.05, 0.1) is 11.6 Å². The van der Waals surface area contributed by atoms with Crippen LogP contribution in [0, 0.1) is 11.3 Å². The Hall–Kier alpha value is -1.99. The predicted octanol–water partition coefficient (Wildman–Crippen LogP) is 3.48. The number of hydrogen-bond donors (Lipinski definition) is 1. The van der Waals surface area contributed by atoms with E-state index in [0.29, 0.717) is 23.6 Å². The quantitative estimate of drug-likeness (QED) is 0.883. The SMILES string of the molecule is N#Cc1cccc(OCc2ccc(Br)cc2N)c1. The monoisotopic (exact) mass is 302 g/mol. The number of anilines is 1. The molecule has 0 aliphatic rings. The van der Waals surface area contributed by atoms with Gasteiger partial charge < -0.3 is 10.5 Å². The molecule has 0 spiro atoms. The molecule has 0 saturated heterocycles. The van der Waals surface area contributed by atoms with Gasteiger partial charge in [0.1, 0.15) is 12.4 Å². The first-order valence-electron chi connectivity index (χ1n) is 5.36. The minimum atomic E-state index is 0.383. The first kappa shape index (κ1) is 12.5. The van der Waals surface area contributed by atoms with Gasteiger partial charge in [0.2, 0.25) is 0 Å². The van der Waals surface area contributed by atoms with Gasteiger partial charge in [-0.05, 0) is 30.3 Å². The number of nitrogens with zero attached hydrogens (tertiary/aromatic N) is 1. The number of rotatable bonds is 3. The molecule has 2 N–H and O–H groups in total. The molecule has 0 radical (unpaired) electrons. The first-order valence-corrected chi connectivity index (χ1v) is 6.15. The topological polar surface area (TPSA) is 59.0 Å². The van der Waals surface area contributed by atoms with E-state index in [1.165, 1.54) is 0 Å². The number of nitrogens with two attached hydrogens (primary N) is 1. The third-order valence-electron chi connectivity index (χ3n) is 2.47. The molecule has 0 unspecified atom stereocenters. The summed E-state index contributed by atoms with van der Waals surface area (Å²) in [5, 5.41) is 8.79. The van der Waals surface area contributed by atoms with E-state index >= 15 is 0 Å². The zero-order valence-corrected chi connectivity index (χ0v) is 11.1. The van der Waals surface area contributed by atoms with Gasteiger partial charge in [-0.15, -0.1) is 0 Å². The molecule has 3 nitrogen and oxygen atoms in total. The smallest absolute Gasteiger partial charge is 0.121 e. The fraction of sp³-hybridized carbons (Fsp3) is 0.0714. The Morgan fingerprint density at radius 2 is 2.06 bits per heavy atom. The van der Waals surface area contributed by atoms with E-state index in [1.807, 2.05) is 24.3 Å². The maximum absolute atomic E-state index is 8.79. The average Bonchev–Trinajstić information content (AvgIpc) is 2.38. The third-order valence-corrected chi connectivity index (χ3v) is 2.96. The fourth-order valence-corrected chi connectivity index (χ4v) is 1.89. The molecule has 0 bridgehead atoms. The molecule has 0 aliphatic heterocycles. The molecule has 0 fully saturated rings. The minimum absolute atomic E-state index is 0.383. The third kappa shape index (κ3) is 3.02. The summed E-state index contributed by atoms with van der Waals surface area (Å²) in [7, 11) is 0. The maximum Gasteiger partial charge on any atom is 0.121 e. The van der Waals surface area contributed by atoms with Gasteiger partial charge in [0.25, 0.3) is 0 Å². The van der Waals surface area contributed by atoms with Crippen molar-refractivity contribution in [1.29, 1.82) is 5.26 Å². The van der Waals surface area contributed by atoms with Crippen molar-refractivity contribution in [3.63, 3.8) is 0 Å². The van der Waals surface area contributed by atoms with Crippen molar-refractivity contribution in [1.82, 2.24) is 0 Å². The molecule has 0 aromatic heterocycles. The second-order valence-corrected chi connectivity index (χ2v) is 4.69. The van der Waals surface area contributed by atoms with Crippen LogP contribution in [-0.4, -0.2) is 0 Å². The van der Waals surface area contributed by atoms with Crippen molar-refractivity contribution < 1.29 is 4.74 Å². The Kier molecular flexibility index (Phi) is 3.85. The van der Waals surface area contributed by atoms with Crippen molar-refractivity contribution in [3.8, 4) is 11.8 Å². The average molecular weight is 303 g/mol. The number of hydrogen-bond acceptors (Lipinski definition) is 3. The van der Waals surface area contributed by atoms with Crippen LogP contribution in [0.5, 0.6) is 5.75 Å². The van der Waals surface area contributed by atoms with Crippen LogP contribution in [0.1, 0.15) is 11.1 Å². The van der Waals surface area contributed by atoms with E-state index in [0.717, 1.165) is 10.0 Å². The van der Waals surface area contributed by atoms with Crippen LogP contribution >= 0.6 is 15.9 Å². The van der Waals surface area contributed by atoms with Crippen molar-refractivity contribution in [2.45, 2.75) is 6.61 Å². The molecule has 90 valence electrons. The molecule has 0 amide bonds. The molecule has 0 heterocycles. The summed E-state index contributed by atoms with van der Waals surface area (Å²) in [6.45, 7) is 0.383. The van der Waals surface area contributed by atoms with Crippen molar-refractivity contribution in [3.05, 3.63) is 58.1 Å². The van der Waals surface area contributed by atoms with E-state index in [4.69, 9.17) is 15.7 Å². The summed E-state index contributed by atoms with van der Waals surface area (Å²) in [5.74, 6) is 0.663. The summed E-state index contributed by atoms with van der Waals surface area (Å²) < 4.78 is 6.55. The summed E-state index contributed by atoms with van der Waals surface area (Å²) in [4.78, 5) is 0. The predicted molar refractivity (Wildman–Crippen MR) is 74.0 cm³/mol. The lowest BCUT2D eigenvalue weighted by molar-refractivity contribution is 0.307. The summed E-state index contributed by atoms with van der Waals surface area (Å²) in [6, 6.07) is 14.8. The van der Waals surface area contributed by atoms with Crippen LogP contribution < -0.4 is 10.5 Å². The van der Waals surface area contributed by atoms with Gasteiger partial charge in [-0.25, -0.2) is 0 Å². The van der Waals surface area contributed by atoms with E-state index in [2.05, 4.69) is 22.0 Å². The number of nitriles is 1. The van der Waals surface area contributed by atoms with Gasteiger partial charge in [0.15, 0.2) is 0 Å². The Morgan fingerprint density at radius 1 is 1.22 bits per heavy atom. The first-order chi connectivity index (χ1) is 8.69. The Bertz CT molecular complexity index is 605. The lowest BCUT2D eigenvalue weighted by Crippen LogP contribution is -2.00. The Labute approximate surface area is 114 Å². The fourth-order valence-electron chi connectivity index (χ4n) is 1.51. The minimum Gasteiger partial charge on any atom is -0.489 e. The molecular formula is C14H11BrN2O. The standard InChI is InChI=1S/C14H11BrN2O/c15-12-5-4-11(14(17)7-12)9-18-13-3-1-2-10(6-13)8-16/h1-7H,9,17H2. The highest BCUT2D eigenvalue weighted by Gasteiger charge is 2.02. The Morgan fingerprint density at radius 3 is 2.78 bits per heavy atom. The van der Waals surface area contributed by atoms with E-state index in [1.54, 1.807) is 18.2 Å². The lowest BCUT2D eigenvalue weighted by Gasteiger charge is -2.09. The molecule has 2 rings (SSSR count). The summed E-state index contributed by atoms with van der Waals surface area (Å²) in [6.07, 6.45) is 0. The largest absolute Gasteiger partial charge is 0.489 e. The van der Waals surface area contributed by atoms with E-state index in [9.17, 15) is 0 Å². The van der Waals surface area contributed by atoms with Crippen LogP contribution in [0.3, 0.4) is 0 Å². The summed E-state index contributed by atoms with van der Waals surface area (Å²) >= 11 is 3.35. The van der Waals surface area contributed by atoms with Crippen LogP contribution in [0.25, 0.3) is 0 Å². The number of benzene rings is 2. The van der Waals surface area contributed by atoms with Gasteiger partial charge >= 0.3 is 0 Å². The molecule has 2 aromatic carbocycles. The van der Waals surface area contributed by atoms with Crippen LogP contribution in [-0.2, 0) is 6.61 Å². The molecular weight excluding hydrogens is 292 g/mol. The highest BCUT2D eigenvalue weighted by molar-refractivity contribution is 9.10. The molecule has 0 aliphatic carbocycles. The van der Waals surface area contributed by atoms with Gasteiger partial charge in [0, 0.05) is 15.7 Å². The normalized spacial score (nSPS) is 9.78. The molecule has 18 heavy (non-hydrogen) atoms. The maximum atomic E-state index is 8.79. The number of halogens is 1. The second-order valence-electron chi connectivity index (χ2n) is 3.77. The zero-order valence-electron chi connectivity index (χ0n) is 9.56. The van der Waals surface area contributed by atoms with Crippen molar-refractivity contribution in [2.24, 2.45) is 0 Å². The van der Waals surface area contributed by atoms with Crippen LogP contribution in [0.4, 0.5) is 5.69 Å². The van der Waals surface area contributed by atoms with E-state index < -0.39 is 0 Å². The van der Waals surface area contributed by atoms with Crippen LogP contribution in [0.15, 0.2) is 46.9 Å². The molecule has 2 aromatic rings. The van der Waals surface area contributed by atoms with Crippen LogP contribution in [0.2, 0.25) is 0 Å². The van der Waals surface area contributed by atoms with Crippen molar-refractivity contribution in [2.75, 3.05) is 5.73 Å². The Balaban J connectivity index is 2.09. The molecule has 0 saturated carbocycles. The number of nitrogen functional groups attached to an aromatic ring is 1. The van der Waals surface area contributed by atoms with Crippen molar-refractivity contribution >= 4 is 21.6 Å². The molecule has 0 atom stereocenters. The number of ether oxygens (including phenoxy) is 1. The summed E-state index contributed by atoms with van der Waals surface area (Å²) in [5.41, 5.74) is 8.06. The van der Waals surface area contributed by atoms with Gasteiger partial charge in [-0.1, -0.05) is 28.1 Å². The highest BCUT2D eigenvalue weighted by atomic mass is 79.9. The van der Waals surface area contributed by atoms with E-state index in [-0.39, 0.29) is 0 Å². The highest BCUT2D eigenvalue weighted by Crippen LogP contribution is 2.21. The molecule has 4 heteroatoms. The van der Waals surface area contributed by atoms with Gasteiger partial charge in [-0.3, -0.25) is 0 Å².